The smallest absolute Gasteiger partial charge is 0.312 e. The molecule has 0 atom stereocenters. The standard InChI is InChI=1S/C21H22ClN3O3/c1-14(2)25-11-10-24(20(27)21(25)28)13-15-6-8-16(9-7-15)19(26)23-18-5-3-4-17(22)12-18/h3-9,12,14H,10-11,13H2,1-2H3,(H,23,26). The second kappa shape index (κ2) is 8.44. The molecule has 0 spiro atoms. The first-order valence-electron chi connectivity index (χ1n) is 9.11. The van der Waals surface area contributed by atoms with Gasteiger partial charge in [-0.15, -0.1) is 0 Å². The Morgan fingerprint density at radius 2 is 1.79 bits per heavy atom. The van der Waals surface area contributed by atoms with Gasteiger partial charge in [-0.05, 0) is 49.7 Å². The first-order chi connectivity index (χ1) is 13.3. The molecule has 0 aliphatic carbocycles. The Hall–Kier alpha value is -2.86. The van der Waals surface area contributed by atoms with E-state index < -0.39 is 11.8 Å². The van der Waals surface area contributed by atoms with Gasteiger partial charge in [-0.3, -0.25) is 14.4 Å². The summed E-state index contributed by atoms with van der Waals surface area (Å²) in [5.74, 6) is -1.19. The second-order valence-corrected chi connectivity index (χ2v) is 7.42. The van der Waals surface area contributed by atoms with Gasteiger partial charge >= 0.3 is 11.8 Å². The van der Waals surface area contributed by atoms with E-state index in [9.17, 15) is 14.4 Å². The molecule has 0 bridgehead atoms. The summed E-state index contributed by atoms with van der Waals surface area (Å²) in [5, 5.41) is 3.34. The number of benzene rings is 2. The molecule has 1 fully saturated rings. The Labute approximate surface area is 169 Å². The van der Waals surface area contributed by atoms with Crippen LogP contribution >= 0.6 is 11.6 Å². The maximum atomic E-state index is 12.4. The topological polar surface area (TPSA) is 69.7 Å². The number of anilines is 1. The maximum absolute atomic E-state index is 12.4. The van der Waals surface area contributed by atoms with Crippen molar-refractivity contribution in [3.8, 4) is 0 Å². The average molecular weight is 400 g/mol. The SMILES string of the molecule is CC(C)N1CCN(Cc2ccc(C(=O)Nc3cccc(Cl)c3)cc2)C(=O)C1=O. The summed E-state index contributed by atoms with van der Waals surface area (Å²) in [6, 6.07) is 13.9. The lowest BCUT2D eigenvalue weighted by Crippen LogP contribution is -2.55. The fourth-order valence-electron chi connectivity index (χ4n) is 3.08. The molecule has 1 aliphatic heterocycles. The van der Waals surface area contributed by atoms with Gasteiger partial charge < -0.3 is 15.1 Å². The van der Waals surface area contributed by atoms with E-state index in [2.05, 4.69) is 5.32 Å². The number of carbonyl (C=O) groups excluding carboxylic acids is 3. The highest BCUT2D eigenvalue weighted by Gasteiger charge is 2.33. The minimum Gasteiger partial charge on any atom is -0.330 e. The predicted octanol–water partition coefficient (Wildman–Crippen LogP) is 3.17. The van der Waals surface area contributed by atoms with Gasteiger partial charge in [0.1, 0.15) is 0 Å². The molecule has 1 heterocycles. The number of halogens is 1. The lowest BCUT2D eigenvalue weighted by molar-refractivity contribution is -0.157. The highest BCUT2D eigenvalue weighted by molar-refractivity contribution is 6.35. The van der Waals surface area contributed by atoms with Crippen molar-refractivity contribution in [3.05, 3.63) is 64.7 Å². The lowest BCUT2D eigenvalue weighted by atomic mass is 10.1. The van der Waals surface area contributed by atoms with Gasteiger partial charge in [0.05, 0.1) is 0 Å². The van der Waals surface area contributed by atoms with Crippen LogP contribution in [0, 0.1) is 0 Å². The van der Waals surface area contributed by atoms with Crippen molar-refractivity contribution in [3.63, 3.8) is 0 Å². The normalized spacial score (nSPS) is 14.6. The van der Waals surface area contributed by atoms with Crippen LogP contribution < -0.4 is 5.32 Å². The number of hydrogen-bond acceptors (Lipinski definition) is 3. The highest BCUT2D eigenvalue weighted by Crippen LogP contribution is 2.17. The van der Waals surface area contributed by atoms with Crippen LogP contribution in [0.4, 0.5) is 5.69 Å². The molecular formula is C21H22ClN3O3. The van der Waals surface area contributed by atoms with Crippen molar-refractivity contribution in [2.75, 3.05) is 18.4 Å². The van der Waals surface area contributed by atoms with Crippen LogP contribution in [0.2, 0.25) is 5.02 Å². The number of amides is 3. The lowest BCUT2D eigenvalue weighted by Gasteiger charge is -2.36. The molecule has 1 aliphatic rings. The van der Waals surface area contributed by atoms with E-state index in [0.717, 1.165) is 5.56 Å². The van der Waals surface area contributed by atoms with Gasteiger partial charge in [0.2, 0.25) is 0 Å². The molecule has 2 aromatic rings. The number of piperazine rings is 1. The van der Waals surface area contributed by atoms with Crippen LogP contribution in [0.5, 0.6) is 0 Å². The van der Waals surface area contributed by atoms with Gasteiger partial charge in [-0.2, -0.15) is 0 Å². The van der Waals surface area contributed by atoms with E-state index >= 15 is 0 Å². The van der Waals surface area contributed by atoms with Crippen LogP contribution in [-0.4, -0.2) is 46.7 Å². The van der Waals surface area contributed by atoms with Crippen molar-refractivity contribution >= 4 is 35.0 Å². The van der Waals surface area contributed by atoms with E-state index in [4.69, 9.17) is 11.6 Å². The monoisotopic (exact) mass is 399 g/mol. The summed E-state index contributed by atoms with van der Waals surface area (Å²) in [7, 11) is 0. The molecule has 3 amide bonds. The molecule has 2 aromatic carbocycles. The van der Waals surface area contributed by atoms with Crippen molar-refractivity contribution in [1.82, 2.24) is 9.80 Å². The molecule has 0 unspecified atom stereocenters. The Kier molecular flexibility index (Phi) is 5.99. The van der Waals surface area contributed by atoms with Gasteiger partial charge in [0.15, 0.2) is 0 Å². The number of nitrogens with one attached hydrogen (secondary N) is 1. The third kappa shape index (κ3) is 4.51. The van der Waals surface area contributed by atoms with E-state index in [1.807, 2.05) is 13.8 Å². The molecular weight excluding hydrogens is 378 g/mol. The number of carbonyl (C=O) groups is 3. The van der Waals surface area contributed by atoms with E-state index in [0.29, 0.717) is 35.9 Å². The number of nitrogens with zero attached hydrogens (tertiary/aromatic N) is 2. The van der Waals surface area contributed by atoms with Crippen LogP contribution in [-0.2, 0) is 16.1 Å². The third-order valence-corrected chi connectivity index (χ3v) is 4.87. The van der Waals surface area contributed by atoms with Crippen molar-refractivity contribution in [1.29, 1.82) is 0 Å². The fraction of sp³-hybridized carbons (Fsp3) is 0.286. The highest BCUT2D eigenvalue weighted by atomic mass is 35.5. The summed E-state index contributed by atoms with van der Waals surface area (Å²) < 4.78 is 0. The molecule has 0 aromatic heterocycles. The second-order valence-electron chi connectivity index (χ2n) is 6.98. The fourth-order valence-corrected chi connectivity index (χ4v) is 3.27. The Morgan fingerprint density at radius 3 is 2.43 bits per heavy atom. The zero-order valence-corrected chi connectivity index (χ0v) is 16.6. The third-order valence-electron chi connectivity index (χ3n) is 4.64. The summed E-state index contributed by atoms with van der Waals surface area (Å²) in [6.07, 6.45) is 0. The quantitative estimate of drug-likeness (QED) is 0.785. The molecule has 3 rings (SSSR count). The molecule has 6 nitrogen and oxygen atoms in total. The van der Waals surface area contributed by atoms with Crippen LogP contribution in [0.1, 0.15) is 29.8 Å². The Balaban J connectivity index is 1.62. The summed E-state index contributed by atoms with van der Waals surface area (Å²) in [5.41, 5.74) is 1.97. The molecule has 7 heteroatoms. The van der Waals surface area contributed by atoms with E-state index in [-0.39, 0.29) is 11.9 Å². The average Bonchev–Trinajstić information content (AvgIpc) is 2.66. The molecule has 146 valence electrons. The largest absolute Gasteiger partial charge is 0.330 e. The first kappa shape index (κ1) is 19.9. The zero-order valence-electron chi connectivity index (χ0n) is 15.8. The number of rotatable bonds is 5. The Morgan fingerprint density at radius 1 is 1.07 bits per heavy atom. The Bertz CT molecular complexity index is 896. The van der Waals surface area contributed by atoms with Crippen LogP contribution in [0.3, 0.4) is 0 Å². The minimum atomic E-state index is -0.484. The van der Waals surface area contributed by atoms with Crippen molar-refractivity contribution in [2.45, 2.75) is 26.4 Å². The molecule has 28 heavy (non-hydrogen) atoms. The zero-order chi connectivity index (χ0) is 20.3. The summed E-state index contributed by atoms with van der Waals surface area (Å²) >= 11 is 5.93. The van der Waals surface area contributed by atoms with Crippen LogP contribution in [0.25, 0.3) is 0 Å². The van der Waals surface area contributed by atoms with E-state index in [1.54, 1.807) is 58.3 Å². The number of hydrogen-bond donors (Lipinski definition) is 1. The summed E-state index contributed by atoms with van der Waals surface area (Å²) in [6.45, 7) is 5.16. The summed E-state index contributed by atoms with van der Waals surface area (Å²) in [4.78, 5) is 40.0. The molecule has 1 N–H and O–H groups in total. The predicted molar refractivity (Wildman–Crippen MR) is 108 cm³/mol. The molecule has 0 radical (unpaired) electrons. The maximum Gasteiger partial charge on any atom is 0.312 e. The minimum absolute atomic E-state index is 0.0101. The van der Waals surface area contributed by atoms with Gasteiger partial charge in [-0.1, -0.05) is 29.8 Å². The van der Waals surface area contributed by atoms with Crippen molar-refractivity contribution < 1.29 is 14.4 Å². The van der Waals surface area contributed by atoms with Gasteiger partial charge in [0.25, 0.3) is 5.91 Å². The van der Waals surface area contributed by atoms with Gasteiger partial charge in [-0.25, -0.2) is 0 Å². The molecule has 1 saturated heterocycles. The van der Waals surface area contributed by atoms with Gasteiger partial charge in [0, 0.05) is 41.9 Å². The van der Waals surface area contributed by atoms with Crippen molar-refractivity contribution in [2.24, 2.45) is 0 Å². The first-order valence-corrected chi connectivity index (χ1v) is 9.48. The molecule has 0 saturated carbocycles. The van der Waals surface area contributed by atoms with Crippen LogP contribution in [0.15, 0.2) is 48.5 Å². The van der Waals surface area contributed by atoms with E-state index in [1.165, 1.54) is 0 Å².